The monoisotopic (exact) mass is 1070 g/mol. The minimum absolute atomic E-state index is 0. The molecule has 3 aromatic heterocycles. The van der Waals surface area contributed by atoms with Crippen molar-refractivity contribution in [3.8, 4) is 61.1 Å². The maximum atomic E-state index is 6.67. The summed E-state index contributed by atoms with van der Waals surface area (Å²) >= 11 is 0. The van der Waals surface area contributed by atoms with Gasteiger partial charge >= 0.3 is 45.1 Å². The second-order valence-electron chi connectivity index (χ2n) is 20.3. The molecule has 0 aliphatic carbocycles. The Morgan fingerprint density at radius 1 is 0.384 bits per heavy atom. The molecule has 5 nitrogen and oxygen atoms in total. The van der Waals surface area contributed by atoms with E-state index in [1.165, 1.54) is 12.8 Å². The van der Waals surface area contributed by atoms with Crippen LogP contribution in [0.25, 0.3) is 90.9 Å². The molecular weight excluding hydrogens is 1010 g/mol. The van der Waals surface area contributed by atoms with Crippen molar-refractivity contribution in [2.45, 2.75) is 71.8 Å². The molecule has 73 heavy (non-hydrogen) atoms. The molecular formula is C63H63LiN4OSi3Zr. The predicted octanol–water partition coefficient (Wildman–Crippen LogP) is 12.7. The molecule has 3 aliphatic heterocycles. The van der Waals surface area contributed by atoms with Gasteiger partial charge in [0, 0.05) is 13.2 Å². The van der Waals surface area contributed by atoms with Crippen molar-refractivity contribution in [2.24, 2.45) is 0 Å². The molecule has 1 fully saturated rings. The number of hydrogen-bond acceptors (Lipinski definition) is 3. The van der Waals surface area contributed by atoms with Crippen molar-refractivity contribution in [3.05, 3.63) is 188 Å². The summed E-state index contributed by atoms with van der Waals surface area (Å²) in [6, 6.07) is 50.0. The molecule has 7 aromatic rings. The molecule has 3 aliphatic rings. The molecule has 0 unspecified atom stereocenters. The van der Waals surface area contributed by atoms with Gasteiger partial charge in [-0.1, -0.05) is 205 Å². The van der Waals surface area contributed by atoms with Crippen LogP contribution >= 0.6 is 0 Å². The standard InChI is InChI=1S/C44H28N4.3C5H9Si.C4H8O.Li.Zr/c1-5-13-29(14-6-1)41-33-21-23-35(45-33)42(30-15-7-2-8-16-30)37-25-27-39(47-37)44(32-19-11-4-12-20-32)40-28-26-38(48-40)43(31-17-9-3-10-18-31)36-24-22-34(41)46-36;3*1-5-6(2,3)4;1-2-4-5-3-1;;/h1-28H;3*2-4H3;1-4H2;;/q-2;3*-1;;+1;+4. The Kier molecular flexibility index (Phi) is 23.0. The summed E-state index contributed by atoms with van der Waals surface area (Å²) in [4.78, 5) is 21.2. The van der Waals surface area contributed by atoms with Crippen molar-refractivity contribution in [1.29, 1.82) is 0 Å². The van der Waals surface area contributed by atoms with Crippen LogP contribution in [0.4, 0.5) is 0 Å². The summed E-state index contributed by atoms with van der Waals surface area (Å²) in [6.45, 7) is 20.8. The molecule has 0 atom stereocenters. The smallest absolute Gasteiger partial charge is 0.701 e. The van der Waals surface area contributed by atoms with Gasteiger partial charge in [0.15, 0.2) is 0 Å². The second-order valence-corrected chi connectivity index (χ2v) is 34.5. The SMILES string of the molecule is C1=Cc2nc1c(-c1ccccc1)c1ccc([n-]1)c(-c1ccccc1)c1nc(c(-c3ccccc3)c3ccc([n-]3)c2-c2ccccc2)C=C1.C1CCOC1.[C-]#C[Si](C)(C)C.[C-]#C[Si](C)(C)C.[C-]#C[Si](C)(C)C.[Li+].[Zr+4]. The van der Waals surface area contributed by atoms with Crippen molar-refractivity contribution in [2.75, 3.05) is 13.2 Å². The first-order chi connectivity index (χ1) is 34.0. The third kappa shape index (κ3) is 17.7. The van der Waals surface area contributed by atoms with Gasteiger partial charge < -0.3 is 50.6 Å². The number of ether oxygens (including phenoxy) is 1. The molecule has 10 rings (SSSR count). The topological polar surface area (TPSA) is 63.2 Å². The molecule has 0 saturated carbocycles. The summed E-state index contributed by atoms with van der Waals surface area (Å²) in [7, 11) is -3.64. The normalized spacial score (nSPS) is 12.1. The first-order valence-corrected chi connectivity index (χ1v) is 34.7. The number of benzene rings is 4. The van der Waals surface area contributed by atoms with E-state index in [-0.39, 0.29) is 45.1 Å². The molecule has 358 valence electrons. The summed E-state index contributed by atoms with van der Waals surface area (Å²) in [5.41, 5.74) is 22.5. The molecule has 4 aromatic carbocycles. The molecule has 8 bridgehead atoms. The van der Waals surface area contributed by atoms with Gasteiger partial charge in [0.05, 0.1) is 47.0 Å². The van der Waals surface area contributed by atoms with E-state index in [0.29, 0.717) is 0 Å². The maximum Gasteiger partial charge on any atom is 4.00 e. The van der Waals surface area contributed by atoms with Crippen LogP contribution in [0.5, 0.6) is 0 Å². The van der Waals surface area contributed by atoms with Crippen LogP contribution in [-0.4, -0.2) is 47.4 Å². The van der Waals surface area contributed by atoms with Crippen molar-refractivity contribution in [1.82, 2.24) is 19.9 Å². The van der Waals surface area contributed by atoms with Crippen LogP contribution in [-0.2, 0) is 30.9 Å². The van der Waals surface area contributed by atoms with Crippen molar-refractivity contribution in [3.63, 3.8) is 0 Å². The Hall–Kier alpha value is -5.75. The zero-order valence-electron chi connectivity index (χ0n) is 44.2. The van der Waals surface area contributed by atoms with E-state index in [1.54, 1.807) is 0 Å². The Morgan fingerprint density at radius 3 is 0.753 bits per heavy atom. The van der Waals surface area contributed by atoms with E-state index in [1.807, 2.05) is 24.3 Å². The van der Waals surface area contributed by atoms with Gasteiger partial charge in [-0.25, -0.2) is 9.97 Å². The van der Waals surface area contributed by atoms with Crippen LogP contribution < -0.4 is 28.8 Å². The van der Waals surface area contributed by atoms with Gasteiger partial charge in [-0.3, -0.25) is 0 Å². The number of hydrogen-bond donors (Lipinski definition) is 0. The summed E-state index contributed by atoms with van der Waals surface area (Å²) in [6.07, 6.45) is 31.0. The predicted molar refractivity (Wildman–Crippen MR) is 310 cm³/mol. The molecule has 0 spiro atoms. The van der Waals surface area contributed by atoms with Crippen molar-refractivity contribution < 1.29 is 49.8 Å². The van der Waals surface area contributed by atoms with E-state index in [4.69, 9.17) is 43.9 Å². The fourth-order valence-electron chi connectivity index (χ4n) is 7.20. The van der Waals surface area contributed by atoms with Crippen LogP contribution in [0.15, 0.2) is 146 Å². The number of rotatable bonds is 4. The largest absolute Gasteiger partial charge is 4.00 e. The summed E-state index contributed by atoms with van der Waals surface area (Å²) < 4.78 is 4.94. The summed E-state index contributed by atoms with van der Waals surface area (Å²) in [5.74, 6) is 0. The Labute approximate surface area is 470 Å². The van der Waals surface area contributed by atoms with E-state index in [9.17, 15) is 0 Å². The first-order valence-electron chi connectivity index (χ1n) is 24.2. The van der Waals surface area contributed by atoms with Gasteiger partial charge in [-0.05, 0) is 81.7 Å². The third-order valence-electron chi connectivity index (χ3n) is 10.8. The zero-order valence-corrected chi connectivity index (χ0v) is 49.6. The quantitative estimate of drug-likeness (QED) is 0.0998. The molecule has 1 saturated heterocycles. The van der Waals surface area contributed by atoms with E-state index in [0.717, 1.165) is 103 Å². The van der Waals surface area contributed by atoms with E-state index >= 15 is 0 Å². The maximum absolute atomic E-state index is 6.67. The van der Waals surface area contributed by atoms with Crippen LogP contribution in [0.1, 0.15) is 35.6 Å². The Morgan fingerprint density at radius 2 is 0.589 bits per heavy atom. The zero-order chi connectivity index (χ0) is 51.0. The van der Waals surface area contributed by atoms with Gasteiger partial charge in [-0.15, -0.1) is 22.1 Å². The van der Waals surface area contributed by atoms with Crippen LogP contribution in [0.2, 0.25) is 58.9 Å². The second kappa shape index (κ2) is 28.1. The first kappa shape index (κ1) is 59.8. The number of aromatic nitrogens is 4. The van der Waals surface area contributed by atoms with Gasteiger partial charge in [0.1, 0.15) is 0 Å². The molecule has 0 amide bonds. The van der Waals surface area contributed by atoms with E-state index < -0.39 is 24.2 Å². The van der Waals surface area contributed by atoms with Crippen LogP contribution in [0.3, 0.4) is 0 Å². The average Bonchev–Trinajstić information content (AvgIpc) is 4.25. The van der Waals surface area contributed by atoms with Crippen molar-refractivity contribution >= 4 is 70.6 Å². The van der Waals surface area contributed by atoms with Gasteiger partial charge in [0.2, 0.25) is 0 Å². The van der Waals surface area contributed by atoms with Gasteiger partial charge in [-0.2, -0.15) is 0 Å². The fourth-order valence-corrected chi connectivity index (χ4v) is 7.20. The molecule has 6 heterocycles. The average molecular weight is 1070 g/mol. The molecule has 10 heteroatoms. The Bertz CT molecular complexity index is 2840. The molecule has 0 N–H and O–H groups in total. The fraction of sp³-hybridized carbons (Fsp3) is 0.206. The third-order valence-corrected chi connectivity index (χ3v) is 13.1. The molecule has 0 radical (unpaired) electrons. The minimum atomic E-state index is -1.21. The summed E-state index contributed by atoms with van der Waals surface area (Å²) in [5, 5.41) is 0. The van der Waals surface area contributed by atoms with Gasteiger partial charge in [0.25, 0.3) is 0 Å². The van der Waals surface area contributed by atoms with Crippen LogP contribution in [0, 0.1) is 35.9 Å². The Balaban J connectivity index is 0.000000386. The minimum Gasteiger partial charge on any atom is -0.701 e. The number of nitrogens with zero attached hydrogens (tertiary/aromatic N) is 4. The van der Waals surface area contributed by atoms with E-state index in [2.05, 4.69) is 221 Å². The number of fused-ring (bicyclic) bond motifs is 8.